The largest absolute Gasteiger partial charge is 0.451 e. The van der Waals surface area contributed by atoms with Gasteiger partial charge in [0.1, 0.15) is 5.58 Å². The first-order valence-corrected chi connectivity index (χ1v) is 10.8. The van der Waals surface area contributed by atoms with Gasteiger partial charge in [0, 0.05) is 34.1 Å². The van der Waals surface area contributed by atoms with Crippen LogP contribution >= 0.6 is 15.9 Å². The van der Waals surface area contributed by atoms with Crippen molar-refractivity contribution >= 4 is 38.7 Å². The predicted octanol–water partition coefficient (Wildman–Crippen LogP) is 4.89. The van der Waals surface area contributed by atoms with E-state index in [0.29, 0.717) is 29.5 Å². The number of carbonyl (C=O) groups is 2. The molecule has 1 N–H and O–H groups in total. The summed E-state index contributed by atoms with van der Waals surface area (Å²) < 4.78 is 6.76. The van der Waals surface area contributed by atoms with Crippen LogP contribution in [0.1, 0.15) is 52.2 Å². The summed E-state index contributed by atoms with van der Waals surface area (Å²) in [6.45, 7) is 0.509. The number of hydrogen-bond acceptors (Lipinski definition) is 3. The van der Waals surface area contributed by atoms with Crippen LogP contribution in [0.25, 0.3) is 11.0 Å². The van der Waals surface area contributed by atoms with Gasteiger partial charge in [0.05, 0.1) is 0 Å². The molecule has 5 rings (SSSR count). The second kappa shape index (κ2) is 7.34. The molecule has 1 heterocycles. The molecule has 2 amide bonds. The molecule has 0 bridgehead atoms. The van der Waals surface area contributed by atoms with E-state index in [1.54, 1.807) is 0 Å². The molecule has 6 heteroatoms. The maximum absolute atomic E-state index is 13.1. The third-order valence-corrected chi connectivity index (χ3v) is 5.91. The minimum absolute atomic E-state index is 0.0254. The van der Waals surface area contributed by atoms with Crippen LogP contribution in [0.2, 0.25) is 0 Å². The second-order valence-electron chi connectivity index (χ2n) is 7.90. The Morgan fingerprint density at radius 1 is 1.03 bits per heavy atom. The summed E-state index contributed by atoms with van der Waals surface area (Å²) in [7, 11) is 0. The van der Waals surface area contributed by atoms with Crippen molar-refractivity contribution in [2.24, 2.45) is 0 Å². The second-order valence-corrected chi connectivity index (χ2v) is 8.82. The average Bonchev–Trinajstić information content (AvgIpc) is 3.65. The molecule has 1 aromatic heterocycles. The molecular formula is C23H21BrN2O3. The van der Waals surface area contributed by atoms with Crippen LogP contribution in [0.3, 0.4) is 0 Å². The van der Waals surface area contributed by atoms with Gasteiger partial charge in [0.15, 0.2) is 5.76 Å². The van der Waals surface area contributed by atoms with Gasteiger partial charge in [-0.3, -0.25) is 9.59 Å². The first-order valence-electron chi connectivity index (χ1n) is 9.97. The van der Waals surface area contributed by atoms with E-state index in [4.69, 9.17) is 4.42 Å². The van der Waals surface area contributed by atoms with E-state index in [1.807, 2.05) is 53.4 Å². The maximum Gasteiger partial charge on any atom is 0.290 e. The first-order chi connectivity index (χ1) is 14.1. The molecule has 0 spiro atoms. The van der Waals surface area contributed by atoms with Crippen molar-refractivity contribution in [3.8, 4) is 0 Å². The molecule has 2 aromatic carbocycles. The van der Waals surface area contributed by atoms with E-state index in [1.165, 1.54) is 0 Å². The third-order valence-electron chi connectivity index (χ3n) is 5.42. The van der Waals surface area contributed by atoms with Gasteiger partial charge in [-0.1, -0.05) is 28.1 Å². The molecule has 2 aliphatic carbocycles. The zero-order valence-corrected chi connectivity index (χ0v) is 17.4. The monoisotopic (exact) mass is 452 g/mol. The third kappa shape index (κ3) is 4.08. The minimum atomic E-state index is -0.0876. The molecule has 0 saturated heterocycles. The fraction of sp³-hybridized carbons (Fsp3) is 0.304. The first kappa shape index (κ1) is 18.4. The van der Waals surface area contributed by atoms with Crippen molar-refractivity contribution in [2.45, 2.75) is 44.3 Å². The van der Waals surface area contributed by atoms with Gasteiger partial charge in [-0.05, 0) is 67.6 Å². The highest BCUT2D eigenvalue weighted by atomic mass is 79.9. The zero-order valence-electron chi connectivity index (χ0n) is 15.9. The Morgan fingerprint density at radius 2 is 1.79 bits per heavy atom. The van der Waals surface area contributed by atoms with Crippen molar-refractivity contribution in [1.82, 2.24) is 10.2 Å². The lowest BCUT2D eigenvalue weighted by atomic mass is 10.1. The number of nitrogens with one attached hydrogen (secondary N) is 1. The van der Waals surface area contributed by atoms with Crippen LogP contribution in [0, 0.1) is 0 Å². The van der Waals surface area contributed by atoms with Gasteiger partial charge < -0.3 is 14.6 Å². The molecule has 2 fully saturated rings. The summed E-state index contributed by atoms with van der Waals surface area (Å²) in [4.78, 5) is 27.2. The quantitative estimate of drug-likeness (QED) is 0.578. The van der Waals surface area contributed by atoms with Crippen LogP contribution in [-0.4, -0.2) is 28.8 Å². The summed E-state index contributed by atoms with van der Waals surface area (Å²) >= 11 is 3.45. The number of nitrogens with zero attached hydrogens (tertiary/aromatic N) is 1. The van der Waals surface area contributed by atoms with E-state index in [2.05, 4.69) is 21.2 Å². The van der Waals surface area contributed by atoms with Crippen LogP contribution in [0.5, 0.6) is 0 Å². The molecular weight excluding hydrogens is 432 g/mol. The summed E-state index contributed by atoms with van der Waals surface area (Å²) in [5, 5.41) is 3.90. The number of rotatable bonds is 6. The number of furan rings is 1. The molecule has 29 heavy (non-hydrogen) atoms. The summed E-state index contributed by atoms with van der Waals surface area (Å²) in [5.41, 5.74) is 2.37. The Bertz CT molecular complexity index is 1080. The minimum Gasteiger partial charge on any atom is -0.451 e. The van der Waals surface area contributed by atoms with E-state index in [9.17, 15) is 9.59 Å². The fourth-order valence-corrected chi connectivity index (χ4v) is 3.85. The number of hydrogen-bond donors (Lipinski definition) is 1. The van der Waals surface area contributed by atoms with Crippen molar-refractivity contribution in [3.05, 3.63) is 69.9 Å². The van der Waals surface area contributed by atoms with Gasteiger partial charge in [0.2, 0.25) is 0 Å². The smallest absolute Gasteiger partial charge is 0.290 e. The lowest BCUT2D eigenvalue weighted by Crippen LogP contribution is -2.32. The average molecular weight is 453 g/mol. The number of amides is 2. The molecule has 2 saturated carbocycles. The fourth-order valence-electron chi connectivity index (χ4n) is 3.47. The number of halogens is 1. The van der Waals surface area contributed by atoms with Crippen LogP contribution in [0.4, 0.5) is 0 Å². The normalized spacial score (nSPS) is 16.0. The highest BCUT2D eigenvalue weighted by Crippen LogP contribution is 2.31. The van der Waals surface area contributed by atoms with Gasteiger partial charge in [-0.2, -0.15) is 0 Å². The van der Waals surface area contributed by atoms with Crippen molar-refractivity contribution < 1.29 is 14.0 Å². The number of fused-ring (bicyclic) bond motifs is 1. The van der Waals surface area contributed by atoms with Crippen molar-refractivity contribution in [2.75, 3.05) is 0 Å². The van der Waals surface area contributed by atoms with E-state index in [-0.39, 0.29) is 17.9 Å². The summed E-state index contributed by atoms with van der Waals surface area (Å²) in [6, 6.07) is 15.6. The van der Waals surface area contributed by atoms with Gasteiger partial charge in [-0.25, -0.2) is 0 Å². The lowest BCUT2D eigenvalue weighted by Gasteiger charge is -2.21. The molecule has 5 nitrogen and oxygen atoms in total. The number of carbonyl (C=O) groups excluding carboxylic acids is 2. The molecule has 0 aliphatic heterocycles. The molecule has 3 aromatic rings. The van der Waals surface area contributed by atoms with Crippen molar-refractivity contribution in [1.29, 1.82) is 0 Å². The molecule has 0 radical (unpaired) electrons. The highest BCUT2D eigenvalue weighted by molar-refractivity contribution is 9.10. The molecule has 2 aliphatic rings. The Kier molecular flexibility index (Phi) is 4.66. The lowest BCUT2D eigenvalue weighted by molar-refractivity contribution is 0.0699. The standard InChI is InChI=1S/C23H21BrN2O3/c24-17-5-10-20-16(11-17)12-21(29-20)23(28)26(19-8-9-19)13-14-1-3-15(4-2-14)22(27)25-18-6-7-18/h1-5,10-12,18-19H,6-9,13H2,(H,25,27). The van der Waals surface area contributed by atoms with E-state index >= 15 is 0 Å². The van der Waals surface area contributed by atoms with Gasteiger partial charge in [0.25, 0.3) is 11.8 Å². The Morgan fingerprint density at radius 3 is 2.48 bits per heavy atom. The maximum atomic E-state index is 13.1. The molecule has 0 unspecified atom stereocenters. The molecule has 0 atom stereocenters. The summed E-state index contributed by atoms with van der Waals surface area (Å²) in [6.07, 6.45) is 4.17. The van der Waals surface area contributed by atoms with Gasteiger partial charge in [-0.15, -0.1) is 0 Å². The van der Waals surface area contributed by atoms with Crippen molar-refractivity contribution in [3.63, 3.8) is 0 Å². The highest BCUT2D eigenvalue weighted by Gasteiger charge is 2.34. The Balaban J connectivity index is 1.33. The molecule has 148 valence electrons. The predicted molar refractivity (Wildman–Crippen MR) is 114 cm³/mol. The van der Waals surface area contributed by atoms with Crippen LogP contribution in [0.15, 0.2) is 57.4 Å². The Hall–Kier alpha value is -2.60. The number of benzene rings is 2. The van der Waals surface area contributed by atoms with Crippen LogP contribution in [-0.2, 0) is 6.54 Å². The SMILES string of the molecule is O=C(NC1CC1)c1ccc(CN(C(=O)c2cc3cc(Br)ccc3o2)C2CC2)cc1. The van der Waals surface area contributed by atoms with Crippen LogP contribution < -0.4 is 5.32 Å². The Labute approximate surface area is 177 Å². The topological polar surface area (TPSA) is 62.6 Å². The summed E-state index contributed by atoms with van der Waals surface area (Å²) in [5.74, 6) is 0.253. The van der Waals surface area contributed by atoms with E-state index in [0.717, 1.165) is 41.1 Å². The zero-order chi connectivity index (χ0) is 20.0. The van der Waals surface area contributed by atoms with E-state index < -0.39 is 0 Å². The van der Waals surface area contributed by atoms with Gasteiger partial charge >= 0.3 is 0 Å².